The summed E-state index contributed by atoms with van der Waals surface area (Å²) in [6.07, 6.45) is 2.28. The summed E-state index contributed by atoms with van der Waals surface area (Å²) >= 11 is 0. The largest absolute Gasteiger partial charge is 0.497 e. The highest BCUT2D eigenvalue weighted by Crippen LogP contribution is 2.35. The summed E-state index contributed by atoms with van der Waals surface area (Å²) in [7, 11) is 3.81. The van der Waals surface area contributed by atoms with Crippen LogP contribution in [0.2, 0.25) is 0 Å². The minimum atomic E-state index is 0.265. The van der Waals surface area contributed by atoms with Gasteiger partial charge in [0.1, 0.15) is 5.75 Å². The lowest BCUT2D eigenvalue weighted by atomic mass is 9.85. The molecule has 3 nitrogen and oxygen atoms in total. The van der Waals surface area contributed by atoms with Crippen LogP contribution in [0.4, 0.5) is 0 Å². The van der Waals surface area contributed by atoms with Crippen LogP contribution in [0.3, 0.4) is 0 Å². The number of piperidine rings is 1. The van der Waals surface area contributed by atoms with E-state index >= 15 is 0 Å². The van der Waals surface area contributed by atoms with Crippen LogP contribution >= 0.6 is 0 Å². The van der Waals surface area contributed by atoms with E-state index < -0.39 is 0 Å². The zero-order chi connectivity index (χ0) is 12.3. The monoisotopic (exact) mass is 235 g/mol. The van der Waals surface area contributed by atoms with E-state index in [4.69, 9.17) is 4.74 Å². The number of ether oxygens (including phenoxy) is 1. The maximum atomic E-state index is 9.49. The van der Waals surface area contributed by atoms with Crippen LogP contribution in [0, 0.1) is 5.92 Å². The molecule has 1 aromatic rings. The molecule has 0 bridgehead atoms. The summed E-state index contributed by atoms with van der Waals surface area (Å²) in [5, 5.41) is 9.49. The number of rotatable bonds is 3. The van der Waals surface area contributed by atoms with Gasteiger partial charge in [-0.1, -0.05) is 12.1 Å². The van der Waals surface area contributed by atoms with Crippen molar-refractivity contribution in [1.29, 1.82) is 0 Å². The molecule has 1 aromatic carbocycles. The molecule has 2 atom stereocenters. The molecule has 0 radical (unpaired) electrons. The second-order valence-corrected chi connectivity index (χ2v) is 4.78. The Labute approximate surface area is 103 Å². The third-order valence-corrected chi connectivity index (χ3v) is 3.70. The van der Waals surface area contributed by atoms with Gasteiger partial charge >= 0.3 is 0 Å². The van der Waals surface area contributed by atoms with Crippen LogP contribution in [0.25, 0.3) is 0 Å². The zero-order valence-electron chi connectivity index (χ0n) is 10.6. The van der Waals surface area contributed by atoms with Crippen molar-refractivity contribution in [3.05, 3.63) is 29.8 Å². The van der Waals surface area contributed by atoms with Crippen LogP contribution in [-0.2, 0) is 0 Å². The smallest absolute Gasteiger partial charge is 0.118 e. The number of aliphatic hydroxyl groups excluding tert-OH is 1. The molecule has 1 N–H and O–H groups in total. The van der Waals surface area contributed by atoms with Gasteiger partial charge in [-0.05, 0) is 44.1 Å². The maximum Gasteiger partial charge on any atom is 0.118 e. The van der Waals surface area contributed by atoms with E-state index in [2.05, 4.69) is 24.1 Å². The van der Waals surface area contributed by atoms with Crippen molar-refractivity contribution in [1.82, 2.24) is 4.90 Å². The molecule has 2 rings (SSSR count). The van der Waals surface area contributed by atoms with Crippen LogP contribution in [-0.4, -0.2) is 37.3 Å². The third-order valence-electron chi connectivity index (χ3n) is 3.70. The molecule has 1 aliphatic heterocycles. The Bertz CT molecular complexity index is 350. The van der Waals surface area contributed by atoms with Gasteiger partial charge in [0.15, 0.2) is 0 Å². The van der Waals surface area contributed by atoms with Gasteiger partial charge < -0.3 is 9.84 Å². The Morgan fingerprint density at radius 3 is 2.65 bits per heavy atom. The predicted octanol–water partition coefficient (Wildman–Crippen LogP) is 2.07. The Hall–Kier alpha value is -1.06. The van der Waals surface area contributed by atoms with Crippen molar-refractivity contribution < 1.29 is 9.84 Å². The molecule has 0 spiro atoms. The summed E-state index contributed by atoms with van der Waals surface area (Å²) < 4.78 is 5.17. The fraction of sp³-hybridized carbons (Fsp3) is 0.571. The maximum absolute atomic E-state index is 9.49. The van der Waals surface area contributed by atoms with Gasteiger partial charge in [0.25, 0.3) is 0 Å². The highest BCUT2D eigenvalue weighted by molar-refractivity contribution is 5.29. The summed E-state index contributed by atoms with van der Waals surface area (Å²) in [5.41, 5.74) is 1.27. The molecule has 2 unspecified atom stereocenters. The lowest BCUT2D eigenvalue weighted by Crippen LogP contribution is -2.37. The van der Waals surface area contributed by atoms with Crippen molar-refractivity contribution in [2.75, 3.05) is 27.3 Å². The number of hydrogen-bond acceptors (Lipinski definition) is 3. The van der Waals surface area contributed by atoms with E-state index in [9.17, 15) is 5.11 Å². The number of benzene rings is 1. The number of aliphatic hydroxyl groups is 1. The van der Waals surface area contributed by atoms with Crippen molar-refractivity contribution in [2.45, 2.75) is 18.9 Å². The van der Waals surface area contributed by atoms with Crippen LogP contribution in [0.15, 0.2) is 24.3 Å². The van der Waals surface area contributed by atoms with E-state index in [1.165, 1.54) is 12.0 Å². The molecular formula is C14H21NO2. The molecule has 0 aliphatic carbocycles. The quantitative estimate of drug-likeness (QED) is 0.870. The number of hydrogen-bond donors (Lipinski definition) is 1. The Morgan fingerprint density at radius 1 is 1.35 bits per heavy atom. The Balaban J connectivity index is 2.21. The number of methoxy groups -OCH3 is 1. The summed E-state index contributed by atoms with van der Waals surface area (Å²) in [5.74, 6) is 1.23. The highest BCUT2D eigenvalue weighted by Gasteiger charge is 2.29. The Kier molecular flexibility index (Phi) is 4.02. The van der Waals surface area contributed by atoms with Crippen LogP contribution in [0.1, 0.15) is 24.4 Å². The Morgan fingerprint density at radius 2 is 2.06 bits per heavy atom. The predicted molar refractivity (Wildman–Crippen MR) is 68.2 cm³/mol. The number of nitrogens with zero attached hydrogens (tertiary/aromatic N) is 1. The van der Waals surface area contributed by atoms with E-state index in [-0.39, 0.29) is 6.61 Å². The first-order valence-corrected chi connectivity index (χ1v) is 6.21. The van der Waals surface area contributed by atoms with Crippen LogP contribution in [0.5, 0.6) is 5.75 Å². The first kappa shape index (κ1) is 12.4. The average Bonchev–Trinajstić information content (AvgIpc) is 2.38. The van der Waals surface area contributed by atoms with Crippen molar-refractivity contribution in [3.63, 3.8) is 0 Å². The molecule has 1 fully saturated rings. The van der Waals surface area contributed by atoms with Gasteiger partial charge in [-0.25, -0.2) is 0 Å². The molecule has 1 aliphatic rings. The molecule has 0 aromatic heterocycles. The van der Waals surface area contributed by atoms with Crippen molar-refractivity contribution >= 4 is 0 Å². The highest BCUT2D eigenvalue weighted by atomic mass is 16.5. The minimum absolute atomic E-state index is 0.265. The van der Waals surface area contributed by atoms with E-state index in [1.54, 1.807) is 7.11 Å². The molecule has 3 heteroatoms. The first-order valence-electron chi connectivity index (χ1n) is 6.21. The third kappa shape index (κ3) is 2.61. The molecule has 17 heavy (non-hydrogen) atoms. The van der Waals surface area contributed by atoms with Gasteiger partial charge in [0.05, 0.1) is 7.11 Å². The lowest BCUT2D eigenvalue weighted by Gasteiger charge is -2.38. The molecule has 0 amide bonds. The average molecular weight is 235 g/mol. The molecule has 1 saturated heterocycles. The normalized spacial score (nSPS) is 25.8. The summed E-state index contributed by atoms with van der Waals surface area (Å²) in [4.78, 5) is 2.34. The van der Waals surface area contributed by atoms with Gasteiger partial charge in [-0.2, -0.15) is 0 Å². The minimum Gasteiger partial charge on any atom is -0.497 e. The summed E-state index contributed by atoms with van der Waals surface area (Å²) in [6.45, 7) is 1.37. The van der Waals surface area contributed by atoms with E-state index in [1.807, 2.05) is 12.1 Å². The SMILES string of the molecule is COc1ccc(C2C(CO)CCCN2C)cc1. The number of likely N-dealkylation sites (tertiary alicyclic amines) is 1. The van der Waals surface area contributed by atoms with E-state index in [0.717, 1.165) is 18.7 Å². The van der Waals surface area contributed by atoms with E-state index in [0.29, 0.717) is 12.0 Å². The van der Waals surface area contributed by atoms with Gasteiger partial charge in [0.2, 0.25) is 0 Å². The second-order valence-electron chi connectivity index (χ2n) is 4.78. The standard InChI is InChI=1S/C14H21NO2/c1-15-9-3-4-12(10-16)14(15)11-5-7-13(17-2)8-6-11/h5-8,12,14,16H,3-4,9-10H2,1-2H3. The second kappa shape index (κ2) is 5.52. The van der Waals surface area contributed by atoms with Crippen molar-refractivity contribution in [3.8, 4) is 5.75 Å². The molecular weight excluding hydrogens is 214 g/mol. The van der Waals surface area contributed by atoms with Crippen LogP contribution < -0.4 is 4.74 Å². The molecule has 94 valence electrons. The molecule has 1 heterocycles. The van der Waals surface area contributed by atoms with Gasteiger partial charge in [0, 0.05) is 18.6 Å². The fourth-order valence-corrected chi connectivity index (χ4v) is 2.78. The first-order chi connectivity index (χ1) is 8.26. The van der Waals surface area contributed by atoms with Gasteiger partial charge in [-0.3, -0.25) is 4.90 Å². The topological polar surface area (TPSA) is 32.7 Å². The van der Waals surface area contributed by atoms with Crippen molar-refractivity contribution in [2.24, 2.45) is 5.92 Å². The fourth-order valence-electron chi connectivity index (χ4n) is 2.78. The lowest BCUT2D eigenvalue weighted by molar-refractivity contribution is 0.0742. The van der Waals surface area contributed by atoms with Gasteiger partial charge in [-0.15, -0.1) is 0 Å². The summed E-state index contributed by atoms with van der Waals surface area (Å²) in [6, 6.07) is 8.53. The molecule has 0 saturated carbocycles. The zero-order valence-corrected chi connectivity index (χ0v) is 10.6.